The molecule has 1 aromatic rings. The normalized spacial score (nSPS) is 14.1. The fraction of sp³-hybridized carbons (Fsp3) is 0.533. The molecule has 0 spiro atoms. The summed E-state index contributed by atoms with van der Waals surface area (Å²) in [7, 11) is 0. The molecule has 0 saturated carbocycles. The van der Waals surface area contributed by atoms with Gasteiger partial charge in [-0.25, -0.2) is 0 Å². The fourth-order valence-corrected chi connectivity index (χ4v) is 1.96. The van der Waals surface area contributed by atoms with Crippen LogP contribution in [0.3, 0.4) is 0 Å². The van der Waals surface area contributed by atoms with Crippen molar-refractivity contribution in [1.82, 2.24) is 4.90 Å². The van der Waals surface area contributed by atoms with Gasteiger partial charge in [0.2, 0.25) is 0 Å². The van der Waals surface area contributed by atoms with Crippen LogP contribution in [-0.2, 0) is 0 Å². The Bertz CT molecular complexity index is 337. The van der Waals surface area contributed by atoms with Crippen LogP contribution in [0, 0.1) is 0 Å². The van der Waals surface area contributed by atoms with E-state index in [4.69, 9.17) is 0 Å². The molecule has 0 bridgehead atoms. The first-order valence-corrected chi connectivity index (χ1v) is 6.49. The Hall–Kier alpha value is -1.31. The van der Waals surface area contributed by atoms with Crippen molar-refractivity contribution in [3.63, 3.8) is 0 Å². The molecule has 0 aliphatic carbocycles. The second-order valence-electron chi connectivity index (χ2n) is 4.59. The summed E-state index contributed by atoms with van der Waals surface area (Å²) in [6.07, 6.45) is 1.98. The molecule has 0 unspecified atom stereocenters. The molecule has 2 nitrogen and oxygen atoms in total. The lowest BCUT2D eigenvalue weighted by Gasteiger charge is -2.34. The Balaban J connectivity index is 2.95. The zero-order valence-corrected chi connectivity index (χ0v) is 11.3. The summed E-state index contributed by atoms with van der Waals surface area (Å²) in [6.45, 7) is 8.48. The molecule has 1 aromatic carbocycles. The summed E-state index contributed by atoms with van der Waals surface area (Å²) >= 11 is 0. The molecule has 0 radical (unpaired) electrons. The van der Waals surface area contributed by atoms with E-state index in [1.165, 1.54) is 0 Å². The predicted molar refractivity (Wildman–Crippen MR) is 72.1 cm³/mol. The molecule has 1 amide bonds. The number of amides is 1. The van der Waals surface area contributed by atoms with Crippen molar-refractivity contribution in [2.24, 2.45) is 0 Å². The SMILES string of the molecule is CC[C@@H](C)N(C(=O)c1ccccc1)[C@H](C)CC. The standard InChI is InChI=1S/C15H23NO/c1-5-12(3)16(13(4)6-2)15(17)14-10-8-7-9-11-14/h7-13H,5-6H2,1-4H3/t12-,13-/m1/s1. The molecule has 0 aliphatic heterocycles. The van der Waals surface area contributed by atoms with Crippen molar-refractivity contribution in [3.05, 3.63) is 35.9 Å². The van der Waals surface area contributed by atoms with Gasteiger partial charge in [-0.05, 0) is 38.8 Å². The van der Waals surface area contributed by atoms with Gasteiger partial charge in [-0.15, -0.1) is 0 Å². The first-order valence-electron chi connectivity index (χ1n) is 6.49. The van der Waals surface area contributed by atoms with E-state index in [2.05, 4.69) is 27.7 Å². The molecule has 0 aliphatic rings. The molecule has 0 fully saturated rings. The molecule has 0 heterocycles. The largest absolute Gasteiger partial charge is 0.333 e. The highest BCUT2D eigenvalue weighted by Gasteiger charge is 2.24. The van der Waals surface area contributed by atoms with E-state index in [0.29, 0.717) is 0 Å². The Morgan fingerprint density at radius 1 is 1.06 bits per heavy atom. The van der Waals surface area contributed by atoms with Gasteiger partial charge in [0.15, 0.2) is 0 Å². The van der Waals surface area contributed by atoms with Gasteiger partial charge in [-0.1, -0.05) is 32.0 Å². The summed E-state index contributed by atoms with van der Waals surface area (Å²) < 4.78 is 0. The summed E-state index contributed by atoms with van der Waals surface area (Å²) in [5.41, 5.74) is 0.785. The average molecular weight is 233 g/mol. The molecule has 0 aromatic heterocycles. The van der Waals surface area contributed by atoms with E-state index in [-0.39, 0.29) is 18.0 Å². The van der Waals surface area contributed by atoms with Crippen molar-refractivity contribution in [2.75, 3.05) is 0 Å². The van der Waals surface area contributed by atoms with Gasteiger partial charge in [0, 0.05) is 17.6 Å². The Morgan fingerprint density at radius 3 is 1.94 bits per heavy atom. The summed E-state index contributed by atoms with van der Waals surface area (Å²) in [5.74, 6) is 0.148. The maximum Gasteiger partial charge on any atom is 0.254 e. The van der Waals surface area contributed by atoms with Crippen molar-refractivity contribution in [1.29, 1.82) is 0 Å². The van der Waals surface area contributed by atoms with E-state index in [9.17, 15) is 4.79 Å². The van der Waals surface area contributed by atoms with Crippen LogP contribution in [0.1, 0.15) is 50.9 Å². The summed E-state index contributed by atoms with van der Waals surface area (Å²) in [5, 5.41) is 0. The molecule has 2 heteroatoms. The van der Waals surface area contributed by atoms with Gasteiger partial charge in [-0.3, -0.25) is 4.79 Å². The number of benzene rings is 1. The lowest BCUT2D eigenvalue weighted by Crippen LogP contribution is -2.44. The third kappa shape index (κ3) is 3.32. The van der Waals surface area contributed by atoms with E-state index < -0.39 is 0 Å². The van der Waals surface area contributed by atoms with Crippen LogP contribution in [0.2, 0.25) is 0 Å². The Morgan fingerprint density at radius 2 is 1.53 bits per heavy atom. The van der Waals surface area contributed by atoms with Gasteiger partial charge >= 0.3 is 0 Å². The number of rotatable bonds is 5. The van der Waals surface area contributed by atoms with Crippen LogP contribution < -0.4 is 0 Å². The minimum Gasteiger partial charge on any atom is -0.333 e. The molecule has 0 saturated heterocycles. The van der Waals surface area contributed by atoms with Crippen LogP contribution >= 0.6 is 0 Å². The Kier molecular flexibility index (Phi) is 5.20. The third-order valence-electron chi connectivity index (χ3n) is 3.39. The zero-order valence-electron chi connectivity index (χ0n) is 11.3. The number of hydrogen-bond donors (Lipinski definition) is 0. The van der Waals surface area contributed by atoms with Crippen LogP contribution in [0.5, 0.6) is 0 Å². The van der Waals surface area contributed by atoms with Crippen LogP contribution in [0.15, 0.2) is 30.3 Å². The smallest absolute Gasteiger partial charge is 0.254 e. The van der Waals surface area contributed by atoms with E-state index in [1.54, 1.807) is 0 Å². The highest BCUT2D eigenvalue weighted by Crippen LogP contribution is 2.16. The predicted octanol–water partition coefficient (Wildman–Crippen LogP) is 3.73. The van der Waals surface area contributed by atoms with E-state index in [0.717, 1.165) is 18.4 Å². The minimum atomic E-state index is 0.148. The number of nitrogens with zero attached hydrogens (tertiary/aromatic N) is 1. The lowest BCUT2D eigenvalue weighted by atomic mass is 10.1. The van der Waals surface area contributed by atoms with Crippen molar-refractivity contribution >= 4 is 5.91 Å². The first-order chi connectivity index (χ1) is 8.11. The van der Waals surface area contributed by atoms with Gasteiger partial charge in [0.25, 0.3) is 5.91 Å². The topological polar surface area (TPSA) is 20.3 Å². The molecule has 2 atom stereocenters. The first kappa shape index (κ1) is 13.8. The summed E-state index contributed by atoms with van der Waals surface area (Å²) in [4.78, 5) is 14.5. The molecule has 0 N–H and O–H groups in total. The van der Waals surface area contributed by atoms with Gasteiger partial charge in [0.05, 0.1) is 0 Å². The fourth-order valence-electron chi connectivity index (χ4n) is 1.96. The maximum absolute atomic E-state index is 12.5. The molecule has 1 rings (SSSR count). The van der Waals surface area contributed by atoms with Gasteiger partial charge in [0.1, 0.15) is 0 Å². The average Bonchev–Trinajstić information content (AvgIpc) is 2.39. The molecular formula is C15H23NO. The quantitative estimate of drug-likeness (QED) is 0.759. The number of carbonyl (C=O) groups excluding carboxylic acids is 1. The van der Waals surface area contributed by atoms with E-state index >= 15 is 0 Å². The number of hydrogen-bond acceptors (Lipinski definition) is 1. The molecular weight excluding hydrogens is 210 g/mol. The van der Waals surface area contributed by atoms with Crippen molar-refractivity contribution in [3.8, 4) is 0 Å². The highest BCUT2D eigenvalue weighted by atomic mass is 16.2. The molecule has 94 valence electrons. The molecule has 17 heavy (non-hydrogen) atoms. The zero-order chi connectivity index (χ0) is 12.8. The van der Waals surface area contributed by atoms with Crippen LogP contribution in [0.4, 0.5) is 0 Å². The third-order valence-corrected chi connectivity index (χ3v) is 3.39. The van der Waals surface area contributed by atoms with Crippen molar-refractivity contribution < 1.29 is 4.79 Å². The van der Waals surface area contributed by atoms with Gasteiger partial charge in [-0.2, -0.15) is 0 Å². The van der Waals surface area contributed by atoms with E-state index in [1.807, 2.05) is 35.2 Å². The maximum atomic E-state index is 12.5. The monoisotopic (exact) mass is 233 g/mol. The van der Waals surface area contributed by atoms with Gasteiger partial charge < -0.3 is 4.90 Å². The lowest BCUT2D eigenvalue weighted by molar-refractivity contribution is 0.0598. The highest BCUT2D eigenvalue weighted by molar-refractivity contribution is 5.94. The Labute approximate surface area is 105 Å². The van der Waals surface area contributed by atoms with Crippen LogP contribution in [-0.4, -0.2) is 22.9 Å². The summed E-state index contributed by atoms with van der Waals surface area (Å²) in [6, 6.07) is 10.1. The second kappa shape index (κ2) is 6.43. The van der Waals surface area contributed by atoms with Crippen molar-refractivity contribution in [2.45, 2.75) is 52.6 Å². The number of carbonyl (C=O) groups is 1. The minimum absolute atomic E-state index is 0.148. The second-order valence-corrected chi connectivity index (χ2v) is 4.59. The van der Waals surface area contributed by atoms with Crippen LogP contribution in [0.25, 0.3) is 0 Å².